The lowest BCUT2D eigenvalue weighted by Gasteiger charge is -2.22. The third kappa shape index (κ3) is 9.70. The van der Waals surface area contributed by atoms with Gasteiger partial charge in [-0.05, 0) is 62.2 Å². The van der Waals surface area contributed by atoms with Crippen molar-refractivity contribution in [2.24, 2.45) is 29.6 Å². The van der Waals surface area contributed by atoms with Gasteiger partial charge in [0, 0.05) is 0 Å². The van der Waals surface area contributed by atoms with Crippen LogP contribution in [0.4, 0.5) is 0 Å². The second-order valence-electron chi connectivity index (χ2n) is 8.32. The lowest BCUT2D eigenvalue weighted by molar-refractivity contribution is 0.283. The standard InChI is InChI=1S/C22H44/c1-9-19(5)20(6)15-11-10-13-18(4)14-12-16-21(7)22(8)17(2)3/h14,17,19-22H,9-13,15-16H2,1-8H3. The first-order chi connectivity index (χ1) is 10.3. The van der Waals surface area contributed by atoms with Crippen LogP contribution in [0, 0.1) is 29.6 Å². The SMILES string of the molecule is CCC(C)C(C)CCCCC(C)=CCCC(C)C(C)C(C)C. The monoisotopic (exact) mass is 308 g/mol. The molecule has 0 bridgehead atoms. The van der Waals surface area contributed by atoms with Crippen LogP contribution in [0.3, 0.4) is 0 Å². The molecule has 0 N–H and O–H groups in total. The smallest absolute Gasteiger partial charge is 0.0323 e. The van der Waals surface area contributed by atoms with Crippen LogP contribution in [-0.4, -0.2) is 0 Å². The summed E-state index contributed by atoms with van der Waals surface area (Å²) in [5.74, 6) is 4.29. The van der Waals surface area contributed by atoms with E-state index in [4.69, 9.17) is 0 Å². The molecule has 4 atom stereocenters. The van der Waals surface area contributed by atoms with Crippen molar-refractivity contribution in [2.45, 2.75) is 100 Å². The Morgan fingerprint density at radius 3 is 2.00 bits per heavy atom. The number of hydrogen-bond donors (Lipinski definition) is 0. The highest BCUT2D eigenvalue weighted by molar-refractivity contribution is 4.97. The van der Waals surface area contributed by atoms with Gasteiger partial charge < -0.3 is 0 Å². The van der Waals surface area contributed by atoms with Crippen LogP contribution in [0.15, 0.2) is 11.6 Å². The van der Waals surface area contributed by atoms with Crippen LogP contribution >= 0.6 is 0 Å². The maximum atomic E-state index is 2.50. The molecule has 0 nitrogen and oxygen atoms in total. The molecule has 132 valence electrons. The minimum absolute atomic E-state index is 0.813. The molecule has 0 aliphatic carbocycles. The zero-order chi connectivity index (χ0) is 17.1. The van der Waals surface area contributed by atoms with Gasteiger partial charge in [-0.25, -0.2) is 0 Å². The Kier molecular flexibility index (Phi) is 12.1. The van der Waals surface area contributed by atoms with Crippen LogP contribution in [0.2, 0.25) is 0 Å². The molecule has 0 saturated carbocycles. The Balaban J connectivity index is 3.82. The average molecular weight is 309 g/mol. The predicted molar refractivity (Wildman–Crippen MR) is 103 cm³/mol. The molecule has 0 heteroatoms. The maximum Gasteiger partial charge on any atom is -0.0323 e. The largest absolute Gasteiger partial charge is 0.0856 e. The maximum absolute atomic E-state index is 2.50. The highest BCUT2D eigenvalue weighted by Gasteiger charge is 2.14. The van der Waals surface area contributed by atoms with Crippen LogP contribution in [0.25, 0.3) is 0 Å². The zero-order valence-corrected chi connectivity index (χ0v) is 16.9. The molecule has 0 heterocycles. The summed E-state index contributed by atoms with van der Waals surface area (Å²) in [5.41, 5.74) is 1.61. The average Bonchev–Trinajstić information content (AvgIpc) is 2.49. The van der Waals surface area contributed by atoms with Crippen molar-refractivity contribution in [1.82, 2.24) is 0 Å². The Morgan fingerprint density at radius 1 is 0.818 bits per heavy atom. The third-order valence-electron chi connectivity index (χ3n) is 6.16. The molecule has 0 aliphatic heterocycles. The van der Waals surface area contributed by atoms with Crippen molar-refractivity contribution in [1.29, 1.82) is 0 Å². The molecule has 4 unspecified atom stereocenters. The van der Waals surface area contributed by atoms with E-state index in [1.54, 1.807) is 5.57 Å². The molecule has 0 rings (SSSR count). The van der Waals surface area contributed by atoms with Gasteiger partial charge in [-0.3, -0.25) is 0 Å². The fourth-order valence-corrected chi connectivity index (χ4v) is 3.17. The van der Waals surface area contributed by atoms with Gasteiger partial charge in [-0.15, -0.1) is 0 Å². The number of allylic oxidation sites excluding steroid dienone is 2. The van der Waals surface area contributed by atoms with E-state index in [-0.39, 0.29) is 0 Å². The van der Waals surface area contributed by atoms with Gasteiger partial charge in [0.2, 0.25) is 0 Å². The van der Waals surface area contributed by atoms with Gasteiger partial charge >= 0.3 is 0 Å². The molecule has 0 spiro atoms. The van der Waals surface area contributed by atoms with Gasteiger partial charge in [0.25, 0.3) is 0 Å². The molecular weight excluding hydrogens is 264 g/mol. The molecule has 0 aliphatic rings. The Morgan fingerprint density at radius 2 is 1.45 bits per heavy atom. The first-order valence-corrected chi connectivity index (χ1v) is 9.95. The van der Waals surface area contributed by atoms with Crippen molar-refractivity contribution in [3.8, 4) is 0 Å². The fraction of sp³-hybridized carbons (Fsp3) is 0.909. The first kappa shape index (κ1) is 21.7. The molecule has 0 amide bonds. The van der Waals surface area contributed by atoms with Gasteiger partial charge in [-0.1, -0.05) is 79.4 Å². The molecule has 0 saturated heterocycles. The van der Waals surface area contributed by atoms with E-state index in [2.05, 4.69) is 61.5 Å². The quantitative estimate of drug-likeness (QED) is 0.254. The number of unbranched alkanes of at least 4 members (excludes halogenated alkanes) is 1. The van der Waals surface area contributed by atoms with E-state index in [1.807, 2.05) is 0 Å². The topological polar surface area (TPSA) is 0 Å². The summed E-state index contributed by atoms with van der Waals surface area (Å²) in [5, 5.41) is 0. The summed E-state index contributed by atoms with van der Waals surface area (Å²) < 4.78 is 0. The molecule has 0 aromatic rings. The summed E-state index contributed by atoms with van der Waals surface area (Å²) in [4.78, 5) is 0. The van der Waals surface area contributed by atoms with Gasteiger partial charge in [0.15, 0.2) is 0 Å². The zero-order valence-electron chi connectivity index (χ0n) is 16.9. The summed E-state index contributed by atoms with van der Waals surface area (Å²) in [7, 11) is 0. The lowest BCUT2D eigenvalue weighted by Crippen LogP contribution is -2.13. The molecule has 0 fully saturated rings. The number of hydrogen-bond acceptors (Lipinski definition) is 0. The summed E-state index contributed by atoms with van der Waals surface area (Å²) in [6.07, 6.45) is 11.9. The second-order valence-corrected chi connectivity index (χ2v) is 8.32. The third-order valence-corrected chi connectivity index (χ3v) is 6.16. The van der Waals surface area contributed by atoms with E-state index in [9.17, 15) is 0 Å². The van der Waals surface area contributed by atoms with E-state index < -0.39 is 0 Å². The van der Waals surface area contributed by atoms with Crippen molar-refractivity contribution in [2.75, 3.05) is 0 Å². The van der Waals surface area contributed by atoms with E-state index in [1.165, 1.54) is 44.9 Å². The molecule has 0 aromatic heterocycles. The highest BCUT2D eigenvalue weighted by atomic mass is 14.2. The van der Waals surface area contributed by atoms with Crippen molar-refractivity contribution >= 4 is 0 Å². The van der Waals surface area contributed by atoms with E-state index >= 15 is 0 Å². The Labute approximate surface area is 142 Å². The fourth-order valence-electron chi connectivity index (χ4n) is 3.17. The van der Waals surface area contributed by atoms with Crippen molar-refractivity contribution in [3.05, 3.63) is 11.6 Å². The molecule has 0 radical (unpaired) electrons. The highest BCUT2D eigenvalue weighted by Crippen LogP contribution is 2.25. The van der Waals surface area contributed by atoms with Gasteiger partial charge in [0.05, 0.1) is 0 Å². The van der Waals surface area contributed by atoms with Crippen LogP contribution in [0.1, 0.15) is 100 Å². The van der Waals surface area contributed by atoms with E-state index in [0.717, 1.165) is 29.6 Å². The van der Waals surface area contributed by atoms with E-state index in [0.29, 0.717) is 0 Å². The summed E-state index contributed by atoms with van der Waals surface area (Å²) in [6, 6.07) is 0. The minimum Gasteiger partial charge on any atom is -0.0856 e. The lowest BCUT2D eigenvalue weighted by atomic mass is 9.83. The predicted octanol–water partition coefficient (Wildman–Crippen LogP) is 7.88. The second kappa shape index (κ2) is 12.2. The van der Waals surface area contributed by atoms with Gasteiger partial charge in [-0.2, -0.15) is 0 Å². The number of rotatable bonds is 12. The molecule has 22 heavy (non-hydrogen) atoms. The molecule has 0 aromatic carbocycles. The van der Waals surface area contributed by atoms with Crippen LogP contribution < -0.4 is 0 Å². The van der Waals surface area contributed by atoms with Crippen molar-refractivity contribution in [3.63, 3.8) is 0 Å². The normalized spacial score (nSPS) is 18.3. The Bertz CT molecular complexity index is 286. The van der Waals surface area contributed by atoms with Crippen LogP contribution in [0.5, 0.6) is 0 Å². The summed E-state index contributed by atoms with van der Waals surface area (Å²) in [6.45, 7) is 19.0. The Hall–Kier alpha value is -0.260. The summed E-state index contributed by atoms with van der Waals surface area (Å²) >= 11 is 0. The molecular formula is C22H44. The first-order valence-electron chi connectivity index (χ1n) is 9.95. The van der Waals surface area contributed by atoms with Crippen LogP contribution in [-0.2, 0) is 0 Å². The van der Waals surface area contributed by atoms with Crippen molar-refractivity contribution < 1.29 is 0 Å². The van der Waals surface area contributed by atoms with Gasteiger partial charge in [0.1, 0.15) is 0 Å². The minimum atomic E-state index is 0.813.